The minimum Gasteiger partial charge on any atom is -0.481 e. The van der Waals surface area contributed by atoms with Gasteiger partial charge < -0.3 is 14.7 Å². The average molecular weight is 279 g/mol. The van der Waals surface area contributed by atoms with E-state index in [9.17, 15) is 14.7 Å². The number of hydrogen-bond acceptors (Lipinski definition) is 5. The van der Waals surface area contributed by atoms with Gasteiger partial charge in [0, 0.05) is 25.5 Å². The van der Waals surface area contributed by atoms with Crippen molar-refractivity contribution in [3.8, 4) is 6.01 Å². The summed E-state index contributed by atoms with van der Waals surface area (Å²) in [5, 5.41) is 9.26. The van der Waals surface area contributed by atoms with Crippen LogP contribution >= 0.6 is 0 Å². The Labute approximate surface area is 116 Å². The summed E-state index contributed by atoms with van der Waals surface area (Å²) in [4.78, 5) is 32.9. The van der Waals surface area contributed by atoms with E-state index in [1.807, 2.05) is 0 Å². The van der Waals surface area contributed by atoms with Gasteiger partial charge in [-0.25, -0.2) is 9.97 Å². The maximum atomic E-state index is 12.3. The van der Waals surface area contributed by atoms with Crippen LogP contribution in [-0.2, 0) is 4.79 Å². The monoisotopic (exact) mass is 279 g/mol. The zero-order chi connectivity index (χ0) is 14.8. The van der Waals surface area contributed by atoms with E-state index >= 15 is 0 Å². The summed E-state index contributed by atoms with van der Waals surface area (Å²) in [5.41, 5.74) is -0.554. The van der Waals surface area contributed by atoms with Crippen molar-refractivity contribution >= 4 is 11.9 Å². The van der Waals surface area contributed by atoms with Crippen molar-refractivity contribution in [3.63, 3.8) is 0 Å². The summed E-state index contributed by atoms with van der Waals surface area (Å²) in [5.74, 6) is -1.12. The highest BCUT2D eigenvalue weighted by Gasteiger charge is 2.39. The lowest BCUT2D eigenvalue weighted by molar-refractivity contribution is -0.150. The van der Waals surface area contributed by atoms with Crippen LogP contribution in [0, 0.1) is 5.41 Å². The van der Waals surface area contributed by atoms with Gasteiger partial charge in [0.05, 0.1) is 18.1 Å². The summed E-state index contributed by atoms with van der Waals surface area (Å²) in [6.07, 6.45) is 4.03. The predicted molar refractivity (Wildman–Crippen MR) is 69.5 cm³/mol. The first-order chi connectivity index (χ1) is 9.46. The fourth-order valence-corrected chi connectivity index (χ4v) is 2.30. The predicted octanol–water partition coefficient (Wildman–Crippen LogP) is 0.812. The molecule has 0 aromatic carbocycles. The van der Waals surface area contributed by atoms with E-state index < -0.39 is 11.4 Å². The van der Waals surface area contributed by atoms with Gasteiger partial charge in [-0.1, -0.05) is 0 Å². The molecular weight excluding hydrogens is 262 g/mol. The third kappa shape index (κ3) is 2.71. The number of hydrogen-bond donors (Lipinski definition) is 1. The van der Waals surface area contributed by atoms with E-state index in [1.54, 1.807) is 11.8 Å². The Morgan fingerprint density at radius 3 is 2.60 bits per heavy atom. The van der Waals surface area contributed by atoms with Gasteiger partial charge in [0.2, 0.25) is 0 Å². The van der Waals surface area contributed by atoms with Gasteiger partial charge in [-0.3, -0.25) is 9.59 Å². The Morgan fingerprint density at radius 1 is 1.40 bits per heavy atom. The number of amides is 1. The number of aliphatic carboxylic acids is 1. The van der Waals surface area contributed by atoms with Gasteiger partial charge in [-0.05, 0) is 19.8 Å². The summed E-state index contributed by atoms with van der Waals surface area (Å²) in [6, 6.07) is 0.190. The number of carbonyl (C=O) groups excluding carboxylic acids is 1. The highest BCUT2D eigenvalue weighted by atomic mass is 16.5. The number of carboxylic acids is 1. The molecule has 2 rings (SSSR count). The average Bonchev–Trinajstić information content (AvgIpc) is 2.46. The molecule has 20 heavy (non-hydrogen) atoms. The maximum Gasteiger partial charge on any atom is 0.316 e. The molecule has 0 saturated carbocycles. The molecule has 2 heterocycles. The molecule has 1 aliphatic heterocycles. The van der Waals surface area contributed by atoms with Crippen LogP contribution in [0.25, 0.3) is 0 Å². The molecule has 0 aliphatic carbocycles. The van der Waals surface area contributed by atoms with Crippen LogP contribution in [0.5, 0.6) is 6.01 Å². The zero-order valence-corrected chi connectivity index (χ0v) is 11.5. The summed E-state index contributed by atoms with van der Waals surface area (Å²) in [7, 11) is 1.44. The van der Waals surface area contributed by atoms with Gasteiger partial charge >= 0.3 is 12.0 Å². The first kappa shape index (κ1) is 14.2. The van der Waals surface area contributed by atoms with Crippen molar-refractivity contribution in [2.75, 3.05) is 20.2 Å². The highest BCUT2D eigenvalue weighted by molar-refractivity contribution is 5.94. The summed E-state index contributed by atoms with van der Waals surface area (Å²) in [6.45, 7) is 2.42. The van der Waals surface area contributed by atoms with Crippen LogP contribution in [0.4, 0.5) is 0 Å². The van der Waals surface area contributed by atoms with Crippen LogP contribution in [0.15, 0.2) is 12.4 Å². The largest absolute Gasteiger partial charge is 0.481 e. The minimum atomic E-state index is -0.888. The molecule has 108 valence electrons. The second kappa shape index (κ2) is 5.44. The van der Waals surface area contributed by atoms with Crippen molar-refractivity contribution in [1.82, 2.24) is 14.9 Å². The number of piperidine rings is 1. The third-order valence-electron chi connectivity index (χ3n) is 3.56. The van der Waals surface area contributed by atoms with Crippen LogP contribution in [0.2, 0.25) is 0 Å². The Hall–Kier alpha value is -2.18. The standard InChI is InChI=1S/C13H17N3O4/c1-13(11(18)19)4-3-5-16(8-13)10(17)9-6-14-12(20-2)15-7-9/h6-7H,3-5,8H2,1-2H3,(H,18,19). The lowest BCUT2D eigenvalue weighted by atomic mass is 9.82. The molecule has 1 atom stereocenters. The van der Waals surface area contributed by atoms with Crippen molar-refractivity contribution in [1.29, 1.82) is 0 Å². The van der Waals surface area contributed by atoms with Crippen LogP contribution in [-0.4, -0.2) is 52.1 Å². The minimum absolute atomic E-state index is 0.190. The molecule has 7 heteroatoms. The topological polar surface area (TPSA) is 92.6 Å². The molecule has 0 bridgehead atoms. The maximum absolute atomic E-state index is 12.3. The second-order valence-electron chi connectivity index (χ2n) is 5.15. The smallest absolute Gasteiger partial charge is 0.316 e. The number of rotatable bonds is 3. The molecule has 0 spiro atoms. The van der Waals surface area contributed by atoms with Crippen LogP contribution in [0.1, 0.15) is 30.1 Å². The van der Waals surface area contributed by atoms with E-state index in [-0.39, 0.29) is 18.5 Å². The molecule has 1 aromatic heterocycles. The Balaban J connectivity index is 2.14. The molecule has 7 nitrogen and oxygen atoms in total. The van der Waals surface area contributed by atoms with E-state index in [1.165, 1.54) is 19.5 Å². The van der Waals surface area contributed by atoms with Gasteiger partial charge in [-0.15, -0.1) is 0 Å². The number of aromatic nitrogens is 2. The van der Waals surface area contributed by atoms with Crippen LogP contribution in [0.3, 0.4) is 0 Å². The Kier molecular flexibility index (Phi) is 3.87. The number of carboxylic acid groups (broad SMARTS) is 1. The number of methoxy groups -OCH3 is 1. The fourth-order valence-electron chi connectivity index (χ4n) is 2.30. The van der Waals surface area contributed by atoms with Crippen LogP contribution < -0.4 is 4.74 Å². The first-order valence-corrected chi connectivity index (χ1v) is 6.35. The Bertz CT molecular complexity index is 517. The van der Waals surface area contributed by atoms with Gasteiger partial charge in [-0.2, -0.15) is 0 Å². The molecule has 1 N–H and O–H groups in total. The summed E-state index contributed by atoms with van der Waals surface area (Å²) < 4.78 is 4.83. The number of likely N-dealkylation sites (tertiary alicyclic amines) is 1. The molecule has 0 radical (unpaired) electrons. The SMILES string of the molecule is COc1ncc(C(=O)N2CCCC(C)(C(=O)O)C2)cn1. The molecule has 1 saturated heterocycles. The lowest BCUT2D eigenvalue weighted by Gasteiger charge is -2.37. The van der Waals surface area contributed by atoms with Crippen molar-refractivity contribution in [2.45, 2.75) is 19.8 Å². The van der Waals surface area contributed by atoms with Gasteiger partial charge in [0.25, 0.3) is 5.91 Å². The van der Waals surface area contributed by atoms with E-state index in [0.717, 1.165) is 0 Å². The lowest BCUT2D eigenvalue weighted by Crippen LogP contribution is -2.48. The number of carbonyl (C=O) groups is 2. The summed E-state index contributed by atoms with van der Waals surface area (Å²) >= 11 is 0. The quantitative estimate of drug-likeness (QED) is 0.880. The Morgan fingerprint density at radius 2 is 2.05 bits per heavy atom. The molecule has 1 aromatic rings. The molecule has 1 amide bonds. The van der Waals surface area contributed by atoms with Gasteiger partial charge in [0.1, 0.15) is 0 Å². The molecule has 1 unspecified atom stereocenters. The third-order valence-corrected chi connectivity index (χ3v) is 3.56. The number of nitrogens with zero attached hydrogens (tertiary/aromatic N) is 3. The van der Waals surface area contributed by atoms with Gasteiger partial charge in [0.15, 0.2) is 0 Å². The normalized spacial score (nSPS) is 22.4. The molecular formula is C13H17N3O4. The van der Waals surface area contributed by atoms with Crippen molar-refractivity contribution < 1.29 is 19.4 Å². The first-order valence-electron chi connectivity index (χ1n) is 6.35. The van der Waals surface area contributed by atoms with E-state index in [0.29, 0.717) is 24.9 Å². The van der Waals surface area contributed by atoms with Crippen molar-refractivity contribution in [3.05, 3.63) is 18.0 Å². The fraction of sp³-hybridized carbons (Fsp3) is 0.538. The van der Waals surface area contributed by atoms with E-state index in [4.69, 9.17) is 4.74 Å². The highest BCUT2D eigenvalue weighted by Crippen LogP contribution is 2.30. The van der Waals surface area contributed by atoms with Crippen molar-refractivity contribution in [2.24, 2.45) is 5.41 Å². The van der Waals surface area contributed by atoms with E-state index in [2.05, 4.69) is 9.97 Å². The zero-order valence-electron chi connectivity index (χ0n) is 11.5. The molecule has 1 aliphatic rings. The number of ether oxygens (including phenoxy) is 1. The second-order valence-corrected chi connectivity index (χ2v) is 5.15. The molecule has 1 fully saturated rings.